The van der Waals surface area contributed by atoms with E-state index in [-0.39, 0.29) is 6.42 Å². The van der Waals surface area contributed by atoms with E-state index < -0.39 is 5.97 Å². The Morgan fingerprint density at radius 1 is 1.19 bits per heavy atom. The van der Waals surface area contributed by atoms with E-state index in [0.717, 1.165) is 57.9 Å². The molecule has 116 valence electrons. The van der Waals surface area contributed by atoms with Crippen molar-refractivity contribution in [3.8, 4) is 0 Å². The number of benzene rings is 1. The number of nitrogens with zero attached hydrogens (tertiary/aromatic N) is 1. The Labute approximate surface area is 125 Å². The quantitative estimate of drug-likeness (QED) is 0.703. The molecule has 1 fully saturated rings. The van der Waals surface area contributed by atoms with Crippen molar-refractivity contribution in [3.05, 3.63) is 35.4 Å². The van der Waals surface area contributed by atoms with Crippen molar-refractivity contribution in [1.29, 1.82) is 0 Å². The van der Waals surface area contributed by atoms with Gasteiger partial charge >= 0.3 is 5.97 Å². The molecule has 1 aromatic rings. The number of carboxylic acids is 1. The zero-order chi connectivity index (χ0) is 14.9. The fraction of sp³-hybridized carbons (Fsp3) is 0.562. The van der Waals surface area contributed by atoms with Crippen LogP contribution >= 0.6 is 0 Å². The highest BCUT2D eigenvalue weighted by molar-refractivity contribution is 5.70. The van der Waals surface area contributed by atoms with Gasteiger partial charge in [0.05, 0.1) is 19.6 Å². The average Bonchev–Trinajstić information content (AvgIpc) is 2.49. The Hall–Kier alpha value is -1.43. The SMILES string of the molecule is O=C(O)Cc1ccc(CNCCCN2CCOCC2)cc1. The third-order valence-corrected chi connectivity index (χ3v) is 3.64. The summed E-state index contributed by atoms with van der Waals surface area (Å²) in [5, 5.41) is 12.1. The van der Waals surface area contributed by atoms with E-state index in [0.29, 0.717) is 0 Å². The minimum Gasteiger partial charge on any atom is -0.481 e. The van der Waals surface area contributed by atoms with Crippen LogP contribution in [0.25, 0.3) is 0 Å². The molecule has 5 nitrogen and oxygen atoms in total. The summed E-state index contributed by atoms with van der Waals surface area (Å²) in [4.78, 5) is 13.0. The summed E-state index contributed by atoms with van der Waals surface area (Å²) < 4.78 is 5.32. The molecule has 1 aliphatic heterocycles. The lowest BCUT2D eigenvalue weighted by Crippen LogP contribution is -2.37. The third kappa shape index (κ3) is 6.25. The summed E-state index contributed by atoms with van der Waals surface area (Å²) in [5.41, 5.74) is 2.04. The highest BCUT2D eigenvalue weighted by Gasteiger charge is 2.08. The second kappa shape index (κ2) is 8.77. The maximum Gasteiger partial charge on any atom is 0.307 e. The first-order valence-electron chi connectivity index (χ1n) is 7.54. The normalized spacial score (nSPS) is 16.0. The first kappa shape index (κ1) is 15.9. The minimum absolute atomic E-state index is 0.0905. The van der Waals surface area contributed by atoms with Gasteiger partial charge in [0.15, 0.2) is 0 Å². The van der Waals surface area contributed by atoms with E-state index >= 15 is 0 Å². The van der Waals surface area contributed by atoms with Gasteiger partial charge in [-0.25, -0.2) is 0 Å². The van der Waals surface area contributed by atoms with Crippen LogP contribution in [0.1, 0.15) is 17.5 Å². The van der Waals surface area contributed by atoms with Crippen molar-refractivity contribution < 1.29 is 14.6 Å². The largest absolute Gasteiger partial charge is 0.481 e. The van der Waals surface area contributed by atoms with Crippen LogP contribution in [0.2, 0.25) is 0 Å². The van der Waals surface area contributed by atoms with Crippen molar-refractivity contribution in [2.45, 2.75) is 19.4 Å². The van der Waals surface area contributed by atoms with Crippen molar-refractivity contribution in [2.24, 2.45) is 0 Å². The van der Waals surface area contributed by atoms with Gasteiger partial charge in [0.2, 0.25) is 0 Å². The summed E-state index contributed by atoms with van der Waals surface area (Å²) in [6, 6.07) is 7.76. The number of rotatable bonds is 8. The molecule has 0 aromatic heterocycles. The van der Waals surface area contributed by atoms with E-state index in [1.54, 1.807) is 0 Å². The molecule has 0 unspecified atom stereocenters. The van der Waals surface area contributed by atoms with Gasteiger partial charge in [-0.2, -0.15) is 0 Å². The molecule has 1 heterocycles. The highest BCUT2D eigenvalue weighted by Crippen LogP contribution is 2.05. The van der Waals surface area contributed by atoms with Crippen molar-refractivity contribution in [1.82, 2.24) is 10.2 Å². The molecule has 0 bridgehead atoms. The molecular formula is C16H24N2O3. The number of carbonyl (C=O) groups is 1. The Balaban J connectivity index is 1.58. The second-order valence-corrected chi connectivity index (χ2v) is 5.37. The zero-order valence-electron chi connectivity index (χ0n) is 12.4. The number of hydrogen-bond acceptors (Lipinski definition) is 4. The fourth-order valence-corrected chi connectivity index (χ4v) is 2.43. The van der Waals surface area contributed by atoms with Gasteiger partial charge in [0.1, 0.15) is 0 Å². The van der Waals surface area contributed by atoms with E-state index in [2.05, 4.69) is 10.2 Å². The van der Waals surface area contributed by atoms with Crippen LogP contribution in [0, 0.1) is 0 Å². The van der Waals surface area contributed by atoms with Crippen LogP contribution in [-0.2, 0) is 22.5 Å². The first-order chi connectivity index (χ1) is 10.2. The van der Waals surface area contributed by atoms with Crippen LogP contribution in [0.3, 0.4) is 0 Å². The molecule has 2 N–H and O–H groups in total. The third-order valence-electron chi connectivity index (χ3n) is 3.64. The van der Waals surface area contributed by atoms with Gasteiger partial charge in [-0.3, -0.25) is 9.69 Å². The summed E-state index contributed by atoms with van der Waals surface area (Å²) in [5.74, 6) is -0.788. The monoisotopic (exact) mass is 292 g/mol. The Morgan fingerprint density at radius 3 is 2.52 bits per heavy atom. The molecule has 0 saturated carbocycles. The van der Waals surface area contributed by atoms with Crippen LogP contribution < -0.4 is 5.32 Å². The van der Waals surface area contributed by atoms with Crippen molar-refractivity contribution in [2.75, 3.05) is 39.4 Å². The van der Waals surface area contributed by atoms with Gasteiger partial charge in [-0.05, 0) is 30.6 Å². The molecule has 0 atom stereocenters. The van der Waals surface area contributed by atoms with Gasteiger partial charge in [0, 0.05) is 19.6 Å². The summed E-state index contributed by atoms with van der Waals surface area (Å²) in [6.45, 7) is 6.75. The minimum atomic E-state index is -0.788. The highest BCUT2D eigenvalue weighted by atomic mass is 16.5. The first-order valence-corrected chi connectivity index (χ1v) is 7.54. The molecule has 1 aromatic carbocycles. The van der Waals surface area contributed by atoms with Crippen LogP contribution in [0.15, 0.2) is 24.3 Å². The molecule has 2 rings (SSSR count). The molecule has 1 saturated heterocycles. The molecule has 0 amide bonds. The van der Waals surface area contributed by atoms with Gasteiger partial charge in [0.25, 0.3) is 0 Å². The van der Waals surface area contributed by atoms with Crippen LogP contribution in [0.4, 0.5) is 0 Å². The number of aliphatic carboxylic acids is 1. The summed E-state index contributed by atoms with van der Waals surface area (Å²) >= 11 is 0. The second-order valence-electron chi connectivity index (χ2n) is 5.37. The smallest absolute Gasteiger partial charge is 0.307 e. The van der Waals surface area contributed by atoms with Gasteiger partial charge in [-0.1, -0.05) is 24.3 Å². The van der Waals surface area contributed by atoms with Gasteiger partial charge in [-0.15, -0.1) is 0 Å². The number of carboxylic acid groups (broad SMARTS) is 1. The fourth-order valence-electron chi connectivity index (χ4n) is 2.43. The number of morpholine rings is 1. The molecule has 5 heteroatoms. The predicted octanol–water partition coefficient (Wildman–Crippen LogP) is 1.13. The molecular weight excluding hydrogens is 268 g/mol. The van der Waals surface area contributed by atoms with E-state index in [1.165, 1.54) is 5.56 Å². The lowest BCUT2D eigenvalue weighted by molar-refractivity contribution is -0.136. The Kier molecular flexibility index (Phi) is 6.66. The van der Waals surface area contributed by atoms with Crippen molar-refractivity contribution in [3.63, 3.8) is 0 Å². The predicted molar refractivity (Wildman–Crippen MR) is 81.4 cm³/mol. The maximum absolute atomic E-state index is 10.6. The van der Waals surface area contributed by atoms with E-state index in [1.807, 2.05) is 24.3 Å². The lowest BCUT2D eigenvalue weighted by Gasteiger charge is -2.26. The van der Waals surface area contributed by atoms with Crippen LogP contribution in [0.5, 0.6) is 0 Å². The molecule has 1 aliphatic rings. The lowest BCUT2D eigenvalue weighted by atomic mass is 10.1. The Bertz CT molecular complexity index is 428. The van der Waals surface area contributed by atoms with E-state index in [9.17, 15) is 4.79 Å². The number of ether oxygens (including phenoxy) is 1. The zero-order valence-corrected chi connectivity index (χ0v) is 12.4. The van der Waals surface area contributed by atoms with E-state index in [4.69, 9.17) is 9.84 Å². The Morgan fingerprint density at radius 2 is 1.86 bits per heavy atom. The summed E-state index contributed by atoms with van der Waals surface area (Å²) in [6.07, 6.45) is 1.23. The number of hydrogen-bond donors (Lipinski definition) is 2. The average molecular weight is 292 g/mol. The van der Waals surface area contributed by atoms with Crippen molar-refractivity contribution >= 4 is 5.97 Å². The molecule has 0 spiro atoms. The molecule has 21 heavy (non-hydrogen) atoms. The summed E-state index contributed by atoms with van der Waals surface area (Å²) in [7, 11) is 0. The van der Waals surface area contributed by atoms with Gasteiger partial charge < -0.3 is 15.2 Å². The molecule has 0 aliphatic carbocycles. The van der Waals surface area contributed by atoms with Crippen LogP contribution in [-0.4, -0.2) is 55.4 Å². The number of nitrogens with one attached hydrogen (secondary N) is 1. The molecule has 0 radical (unpaired) electrons. The standard InChI is InChI=1S/C16H24N2O3/c19-16(20)12-14-2-4-15(5-3-14)13-17-6-1-7-18-8-10-21-11-9-18/h2-5,17H,1,6-13H2,(H,19,20). The maximum atomic E-state index is 10.6. The topological polar surface area (TPSA) is 61.8 Å².